The molecule has 2 aromatic carbocycles. The van der Waals surface area contributed by atoms with E-state index in [2.05, 4.69) is 81.1 Å². The zero-order chi connectivity index (χ0) is 21.0. The molecule has 2 heterocycles. The highest BCUT2D eigenvalue weighted by Crippen LogP contribution is 2.40. The highest BCUT2D eigenvalue weighted by molar-refractivity contribution is 7.71. The van der Waals surface area contributed by atoms with Gasteiger partial charge in [0, 0.05) is 44.3 Å². The predicted molar refractivity (Wildman–Crippen MR) is 128 cm³/mol. The van der Waals surface area contributed by atoms with Gasteiger partial charge in [0.1, 0.15) is 5.82 Å². The van der Waals surface area contributed by atoms with E-state index < -0.39 is 0 Å². The molecule has 1 saturated carbocycles. The Hall–Kier alpha value is -2.54. The summed E-state index contributed by atoms with van der Waals surface area (Å²) >= 11 is 5.85. The zero-order valence-electron chi connectivity index (χ0n) is 17.8. The van der Waals surface area contributed by atoms with Crippen LogP contribution in [0.5, 0.6) is 0 Å². The second kappa shape index (κ2) is 9.30. The van der Waals surface area contributed by atoms with Gasteiger partial charge in [-0.2, -0.15) is 5.10 Å². The minimum Gasteiger partial charge on any atom is -0.297 e. The van der Waals surface area contributed by atoms with Crippen LogP contribution >= 0.6 is 12.2 Å². The number of rotatable bonds is 7. The van der Waals surface area contributed by atoms with Crippen molar-refractivity contribution in [2.75, 3.05) is 32.7 Å². The lowest BCUT2D eigenvalue weighted by Crippen LogP contribution is -2.46. The second-order valence-electron chi connectivity index (χ2n) is 8.46. The zero-order valence-corrected chi connectivity index (χ0v) is 18.6. The summed E-state index contributed by atoms with van der Waals surface area (Å²) < 4.78 is 5.01. The lowest BCUT2D eigenvalue weighted by Gasteiger charge is -2.33. The van der Waals surface area contributed by atoms with Gasteiger partial charge in [0.25, 0.3) is 0 Å². The molecule has 3 aromatic rings. The summed E-state index contributed by atoms with van der Waals surface area (Å²) in [5, 5.41) is 4.95. The van der Waals surface area contributed by atoms with E-state index in [9.17, 15) is 0 Å². The van der Waals surface area contributed by atoms with Crippen molar-refractivity contribution < 1.29 is 0 Å². The largest absolute Gasteiger partial charge is 0.297 e. The third-order valence-electron chi connectivity index (χ3n) is 6.09. The number of piperazine rings is 1. The van der Waals surface area contributed by atoms with E-state index in [1.807, 2.05) is 10.7 Å². The molecule has 1 aliphatic heterocycles. The molecule has 5 nitrogen and oxygen atoms in total. The van der Waals surface area contributed by atoms with E-state index in [-0.39, 0.29) is 0 Å². The maximum atomic E-state index is 5.85. The molecule has 1 aliphatic carbocycles. The minimum atomic E-state index is 0.552. The molecule has 2 fully saturated rings. The van der Waals surface area contributed by atoms with Crippen molar-refractivity contribution in [3.63, 3.8) is 0 Å². The molecule has 1 saturated heterocycles. The van der Waals surface area contributed by atoms with Gasteiger partial charge in [0.05, 0.1) is 6.67 Å². The Labute approximate surface area is 189 Å². The molecular formula is C25H29N5S. The van der Waals surface area contributed by atoms with Crippen molar-refractivity contribution in [2.24, 2.45) is 0 Å². The summed E-state index contributed by atoms with van der Waals surface area (Å²) in [7, 11) is 0. The molecule has 5 rings (SSSR count). The lowest BCUT2D eigenvalue weighted by atomic mass is 10.2. The average molecular weight is 432 g/mol. The molecule has 31 heavy (non-hydrogen) atoms. The number of hydrogen-bond donors (Lipinski definition) is 0. The fraction of sp³-hybridized carbons (Fsp3) is 0.360. The third kappa shape index (κ3) is 4.87. The first-order chi connectivity index (χ1) is 15.3. The Morgan fingerprint density at radius 3 is 2.19 bits per heavy atom. The number of para-hydroxylation sites is 1. The van der Waals surface area contributed by atoms with Gasteiger partial charge in [0.15, 0.2) is 0 Å². The Morgan fingerprint density at radius 2 is 1.52 bits per heavy atom. The van der Waals surface area contributed by atoms with E-state index in [0.717, 1.165) is 55.7 Å². The molecule has 6 heteroatoms. The molecule has 0 radical (unpaired) electrons. The van der Waals surface area contributed by atoms with E-state index in [1.54, 1.807) is 0 Å². The van der Waals surface area contributed by atoms with Crippen molar-refractivity contribution >= 4 is 18.3 Å². The SMILES string of the molecule is S=c1n(CN2CCN(C/C=C/c3ccccc3)CC2)nc(C2CC2)n1-c1ccccc1. The maximum absolute atomic E-state index is 5.85. The van der Waals surface area contributed by atoms with Gasteiger partial charge in [-0.05, 0) is 42.8 Å². The first-order valence-corrected chi connectivity index (χ1v) is 11.6. The van der Waals surface area contributed by atoms with Gasteiger partial charge in [0.2, 0.25) is 4.77 Å². The summed E-state index contributed by atoms with van der Waals surface area (Å²) in [5.41, 5.74) is 2.38. The van der Waals surface area contributed by atoms with E-state index >= 15 is 0 Å². The summed E-state index contributed by atoms with van der Waals surface area (Å²) in [6, 6.07) is 20.9. The number of nitrogens with zero attached hydrogens (tertiary/aromatic N) is 5. The van der Waals surface area contributed by atoms with Crippen molar-refractivity contribution in [1.29, 1.82) is 0 Å². The van der Waals surface area contributed by atoms with Crippen molar-refractivity contribution in [3.05, 3.63) is 82.9 Å². The molecular weight excluding hydrogens is 402 g/mol. The lowest BCUT2D eigenvalue weighted by molar-refractivity contribution is 0.110. The molecule has 1 aromatic heterocycles. The van der Waals surface area contributed by atoms with Crippen molar-refractivity contribution in [3.8, 4) is 5.69 Å². The quantitative estimate of drug-likeness (QED) is 0.513. The summed E-state index contributed by atoms with van der Waals surface area (Å²) in [4.78, 5) is 4.97. The van der Waals surface area contributed by atoms with Crippen LogP contribution in [0.4, 0.5) is 0 Å². The molecule has 0 unspecified atom stereocenters. The van der Waals surface area contributed by atoms with Gasteiger partial charge in [-0.15, -0.1) is 0 Å². The maximum Gasteiger partial charge on any atom is 0.203 e. The fourth-order valence-corrected chi connectivity index (χ4v) is 4.44. The monoisotopic (exact) mass is 431 g/mol. The number of aromatic nitrogens is 3. The van der Waals surface area contributed by atoms with E-state index in [4.69, 9.17) is 17.3 Å². The van der Waals surface area contributed by atoms with Gasteiger partial charge < -0.3 is 0 Å². The first-order valence-electron chi connectivity index (χ1n) is 11.2. The van der Waals surface area contributed by atoms with Crippen molar-refractivity contribution in [1.82, 2.24) is 24.1 Å². The standard InChI is InChI=1S/C25H29N5S/c31-25-29(26-24(22-13-14-22)30(25)23-11-5-2-6-12-23)20-28-18-16-27(17-19-28)15-7-10-21-8-3-1-4-9-21/h1-12,22H,13-20H2/b10-7+. The first kappa shape index (κ1) is 20.4. The van der Waals surface area contributed by atoms with Crippen LogP contribution in [0.2, 0.25) is 0 Å². The molecule has 0 atom stereocenters. The number of hydrogen-bond acceptors (Lipinski definition) is 4. The van der Waals surface area contributed by atoms with Crippen LogP contribution in [0.25, 0.3) is 11.8 Å². The summed E-state index contributed by atoms with van der Waals surface area (Å²) in [5.74, 6) is 1.68. The fourth-order valence-electron chi connectivity index (χ4n) is 4.15. The minimum absolute atomic E-state index is 0.552. The predicted octanol–water partition coefficient (Wildman–Crippen LogP) is 4.57. The van der Waals surface area contributed by atoms with Crippen molar-refractivity contribution in [2.45, 2.75) is 25.4 Å². The van der Waals surface area contributed by atoms with Gasteiger partial charge in [-0.1, -0.05) is 60.7 Å². The van der Waals surface area contributed by atoms with Crippen LogP contribution in [0, 0.1) is 4.77 Å². The van der Waals surface area contributed by atoms with Gasteiger partial charge in [-0.25, -0.2) is 4.68 Å². The van der Waals surface area contributed by atoms with E-state index in [0.29, 0.717) is 5.92 Å². The Bertz CT molecular complexity index is 1070. The summed E-state index contributed by atoms with van der Waals surface area (Å²) in [6.45, 7) is 5.99. The second-order valence-corrected chi connectivity index (χ2v) is 8.82. The molecule has 0 bridgehead atoms. The molecule has 2 aliphatic rings. The van der Waals surface area contributed by atoms with Gasteiger partial charge in [-0.3, -0.25) is 14.4 Å². The highest BCUT2D eigenvalue weighted by Gasteiger charge is 2.31. The summed E-state index contributed by atoms with van der Waals surface area (Å²) in [6.07, 6.45) is 6.91. The Kier molecular flexibility index (Phi) is 6.11. The normalized spacial score (nSPS) is 18.1. The van der Waals surface area contributed by atoms with Crippen LogP contribution in [-0.2, 0) is 6.67 Å². The van der Waals surface area contributed by atoms with Crippen LogP contribution in [0.15, 0.2) is 66.7 Å². The molecule has 0 amide bonds. The smallest absolute Gasteiger partial charge is 0.203 e. The molecule has 160 valence electrons. The van der Waals surface area contributed by atoms with Crippen LogP contribution < -0.4 is 0 Å². The third-order valence-corrected chi connectivity index (χ3v) is 6.49. The van der Waals surface area contributed by atoms with Crippen LogP contribution in [0.1, 0.15) is 30.1 Å². The average Bonchev–Trinajstić information content (AvgIpc) is 3.61. The van der Waals surface area contributed by atoms with Gasteiger partial charge >= 0.3 is 0 Å². The topological polar surface area (TPSA) is 29.2 Å². The van der Waals surface area contributed by atoms with E-state index in [1.165, 1.54) is 18.4 Å². The van der Waals surface area contributed by atoms with Crippen LogP contribution in [-0.4, -0.2) is 56.9 Å². The Morgan fingerprint density at radius 1 is 0.871 bits per heavy atom. The van der Waals surface area contributed by atoms with Crippen LogP contribution in [0.3, 0.4) is 0 Å². The Balaban J connectivity index is 1.21. The highest BCUT2D eigenvalue weighted by atomic mass is 32.1. The molecule has 0 spiro atoms. The number of benzene rings is 2. The molecule has 0 N–H and O–H groups in total.